The highest BCUT2D eigenvalue weighted by molar-refractivity contribution is 5.03. The zero-order valence-electron chi connectivity index (χ0n) is 14.7. The van der Waals surface area contributed by atoms with Gasteiger partial charge in [-0.1, -0.05) is 75.7 Å². The molecule has 0 N–H and O–H groups in total. The normalized spacial score (nSPS) is 30.8. The Hall–Kier alpha value is 0. The van der Waals surface area contributed by atoms with E-state index in [1.807, 2.05) is 13.8 Å². The van der Waals surface area contributed by atoms with Crippen LogP contribution in [0.25, 0.3) is 0 Å². The Labute approximate surface area is 117 Å². The van der Waals surface area contributed by atoms with E-state index in [4.69, 9.17) is 0 Å². The van der Waals surface area contributed by atoms with Crippen molar-refractivity contribution in [2.75, 3.05) is 0 Å². The molecule has 0 heteroatoms. The molecule has 0 saturated heterocycles. The minimum absolute atomic E-state index is 0.483. The molecule has 0 radical (unpaired) electrons. The van der Waals surface area contributed by atoms with Gasteiger partial charge in [-0.2, -0.15) is 0 Å². The summed E-state index contributed by atoms with van der Waals surface area (Å²) in [5.74, 6) is 3.47. The second-order valence-electron chi connectivity index (χ2n) is 7.49. The van der Waals surface area contributed by atoms with Crippen LogP contribution in [0.15, 0.2) is 0 Å². The highest BCUT2D eigenvalue weighted by Gasteiger charge is 2.54. The van der Waals surface area contributed by atoms with E-state index in [0.29, 0.717) is 10.8 Å². The van der Waals surface area contributed by atoms with E-state index in [1.54, 1.807) is 0 Å². The molecule has 0 aromatic rings. The lowest BCUT2D eigenvalue weighted by atomic mass is 9.61. The number of rotatable bonds is 3. The maximum Gasteiger partial charge on any atom is -0.0269 e. The SMILES string of the molecule is CC.CCC1CC(C(C)C(C)C)C(C)(C)C1(C)C. The molecule has 0 heterocycles. The lowest BCUT2D eigenvalue weighted by Gasteiger charge is -2.44. The smallest absolute Gasteiger partial charge is 0.0269 e. The molecule has 3 atom stereocenters. The van der Waals surface area contributed by atoms with Crippen molar-refractivity contribution in [3.8, 4) is 0 Å². The molecule has 110 valence electrons. The van der Waals surface area contributed by atoms with Gasteiger partial charge in [-0.3, -0.25) is 0 Å². The molecular formula is C18H38. The molecule has 18 heavy (non-hydrogen) atoms. The molecule has 0 nitrogen and oxygen atoms in total. The van der Waals surface area contributed by atoms with Crippen molar-refractivity contribution in [1.82, 2.24) is 0 Å². The highest BCUT2D eigenvalue weighted by Crippen LogP contribution is 2.62. The second-order valence-corrected chi connectivity index (χ2v) is 7.49. The summed E-state index contributed by atoms with van der Waals surface area (Å²) in [5.41, 5.74) is 0.979. The van der Waals surface area contributed by atoms with Crippen molar-refractivity contribution in [2.24, 2.45) is 34.5 Å². The Morgan fingerprint density at radius 1 is 0.944 bits per heavy atom. The van der Waals surface area contributed by atoms with Crippen molar-refractivity contribution in [2.45, 2.75) is 82.1 Å². The fourth-order valence-electron chi connectivity index (χ4n) is 3.91. The van der Waals surface area contributed by atoms with Gasteiger partial charge in [0, 0.05) is 0 Å². The molecule has 1 rings (SSSR count). The van der Waals surface area contributed by atoms with Crippen molar-refractivity contribution < 1.29 is 0 Å². The average molecular weight is 255 g/mol. The Kier molecular flexibility index (Phi) is 6.44. The molecule has 1 saturated carbocycles. The number of hydrogen-bond donors (Lipinski definition) is 0. The van der Waals surface area contributed by atoms with Gasteiger partial charge in [0.05, 0.1) is 0 Å². The maximum atomic E-state index is 2.51. The van der Waals surface area contributed by atoms with Gasteiger partial charge in [0.25, 0.3) is 0 Å². The summed E-state index contributed by atoms with van der Waals surface area (Å²) < 4.78 is 0. The van der Waals surface area contributed by atoms with Gasteiger partial charge in [-0.05, 0) is 40.9 Å². The topological polar surface area (TPSA) is 0 Å². The van der Waals surface area contributed by atoms with Crippen LogP contribution in [-0.2, 0) is 0 Å². The van der Waals surface area contributed by atoms with Gasteiger partial charge in [-0.15, -0.1) is 0 Å². The van der Waals surface area contributed by atoms with E-state index in [-0.39, 0.29) is 0 Å². The van der Waals surface area contributed by atoms with Crippen molar-refractivity contribution >= 4 is 0 Å². The van der Waals surface area contributed by atoms with Gasteiger partial charge in [0.2, 0.25) is 0 Å². The predicted octanol–water partition coefficient (Wildman–Crippen LogP) is 6.40. The zero-order valence-corrected chi connectivity index (χ0v) is 14.7. The summed E-state index contributed by atoms with van der Waals surface area (Å²) in [6, 6.07) is 0. The largest absolute Gasteiger partial charge is 0.0683 e. The number of hydrogen-bond acceptors (Lipinski definition) is 0. The van der Waals surface area contributed by atoms with Gasteiger partial charge in [-0.25, -0.2) is 0 Å². The molecule has 1 aliphatic rings. The van der Waals surface area contributed by atoms with Gasteiger partial charge in [0.1, 0.15) is 0 Å². The Balaban J connectivity index is 0.00000137. The maximum absolute atomic E-state index is 2.51. The van der Waals surface area contributed by atoms with Crippen molar-refractivity contribution in [1.29, 1.82) is 0 Å². The minimum atomic E-state index is 0.483. The molecule has 0 aromatic carbocycles. The van der Waals surface area contributed by atoms with Gasteiger partial charge < -0.3 is 0 Å². The fourth-order valence-corrected chi connectivity index (χ4v) is 3.91. The molecule has 3 unspecified atom stereocenters. The molecule has 0 spiro atoms. The first-order chi connectivity index (χ1) is 8.16. The van der Waals surface area contributed by atoms with E-state index < -0.39 is 0 Å². The van der Waals surface area contributed by atoms with E-state index in [0.717, 1.165) is 23.7 Å². The van der Waals surface area contributed by atoms with Crippen LogP contribution in [-0.4, -0.2) is 0 Å². The first-order valence-corrected chi connectivity index (χ1v) is 8.16. The third-order valence-corrected chi connectivity index (χ3v) is 6.33. The van der Waals surface area contributed by atoms with E-state index in [2.05, 4.69) is 55.4 Å². The molecule has 0 amide bonds. The van der Waals surface area contributed by atoms with Crippen LogP contribution in [0.5, 0.6) is 0 Å². The van der Waals surface area contributed by atoms with E-state index >= 15 is 0 Å². The molecule has 0 aliphatic heterocycles. The zero-order chi connectivity index (χ0) is 14.7. The lowest BCUT2D eigenvalue weighted by Crippen LogP contribution is -2.37. The van der Waals surface area contributed by atoms with Gasteiger partial charge >= 0.3 is 0 Å². The van der Waals surface area contributed by atoms with Crippen LogP contribution in [0.1, 0.15) is 82.1 Å². The van der Waals surface area contributed by atoms with Crippen LogP contribution in [0.4, 0.5) is 0 Å². The van der Waals surface area contributed by atoms with E-state index in [1.165, 1.54) is 12.8 Å². The summed E-state index contributed by atoms with van der Waals surface area (Å²) in [6.45, 7) is 23.6. The van der Waals surface area contributed by atoms with Crippen LogP contribution in [0.2, 0.25) is 0 Å². The van der Waals surface area contributed by atoms with E-state index in [9.17, 15) is 0 Å². The minimum Gasteiger partial charge on any atom is -0.0683 e. The summed E-state index contributed by atoms with van der Waals surface area (Å²) in [5, 5.41) is 0. The molecular weight excluding hydrogens is 216 g/mol. The van der Waals surface area contributed by atoms with Crippen LogP contribution in [0, 0.1) is 34.5 Å². The summed E-state index contributed by atoms with van der Waals surface area (Å²) >= 11 is 0. The second kappa shape index (κ2) is 6.44. The van der Waals surface area contributed by atoms with Crippen molar-refractivity contribution in [3.05, 3.63) is 0 Å². The quantitative estimate of drug-likeness (QED) is 0.546. The van der Waals surface area contributed by atoms with Crippen LogP contribution >= 0.6 is 0 Å². The third kappa shape index (κ3) is 2.94. The highest BCUT2D eigenvalue weighted by atomic mass is 14.6. The Morgan fingerprint density at radius 2 is 1.39 bits per heavy atom. The first-order valence-electron chi connectivity index (χ1n) is 8.16. The standard InChI is InChI=1S/C16H32.C2H6/c1-9-13-10-14(12(4)11(2)3)16(7,8)15(13,5)6;1-2/h11-14H,9-10H2,1-8H3;1-2H3. The van der Waals surface area contributed by atoms with Crippen LogP contribution < -0.4 is 0 Å². The van der Waals surface area contributed by atoms with Crippen molar-refractivity contribution in [3.63, 3.8) is 0 Å². The summed E-state index contributed by atoms with van der Waals surface area (Å²) in [4.78, 5) is 0. The molecule has 0 aromatic heterocycles. The van der Waals surface area contributed by atoms with Crippen LogP contribution in [0.3, 0.4) is 0 Å². The Morgan fingerprint density at radius 3 is 1.67 bits per heavy atom. The fraction of sp³-hybridized carbons (Fsp3) is 1.00. The Bertz CT molecular complexity index is 234. The average Bonchev–Trinajstić information content (AvgIpc) is 2.48. The molecule has 0 bridgehead atoms. The molecule has 1 fully saturated rings. The monoisotopic (exact) mass is 254 g/mol. The first kappa shape index (κ1) is 18.0. The summed E-state index contributed by atoms with van der Waals surface area (Å²) in [6.07, 6.45) is 2.79. The summed E-state index contributed by atoms with van der Waals surface area (Å²) in [7, 11) is 0. The van der Waals surface area contributed by atoms with Gasteiger partial charge in [0.15, 0.2) is 0 Å². The molecule has 1 aliphatic carbocycles. The lowest BCUT2D eigenvalue weighted by molar-refractivity contribution is 0.0469. The third-order valence-electron chi connectivity index (χ3n) is 6.33. The predicted molar refractivity (Wildman–Crippen MR) is 84.8 cm³/mol.